The van der Waals surface area contributed by atoms with Gasteiger partial charge in [0.25, 0.3) is 0 Å². The summed E-state index contributed by atoms with van der Waals surface area (Å²) < 4.78 is 5.32. The van der Waals surface area contributed by atoms with E-state index in [0.717, 1.165) is 16.7 Å². The van der Waals surface area contributed by atoms with E-state index in [4.69, 9.17) is 16.0 Å². The maximum absolute atomic E-state index is 10.8. The molecular weight excluding hydrogens is 292 g/mol. The SMILES string of the molecule is CCNC(c1ccc([N+](=O)[O-])o1)c1cc(C)c(C)cc1Cl. The van der Waals surface area contributed by atoms with Crippen molar-refractivity contribution in [2.24, 2.45) is 0 Å². The van der Waals surface area contributed by atoms with Gasteiger partial charge in [-0.25, -0.2) is 0 Å². The first-order valence-electron chi connectivity index (χ1n) is 6.68. The molecule has 1 heterocycles. The van der Waals surface area contributed by atoms with Crippen molar-refractivity contribution < 1.29 is 9.34 Å². The number of aryl methyl sites for hydroxylation is 2. The zero-order valence-electron chi connectivity index (χ0n) is 12.1. The van der Waals surface area contributed by atoms with Gasteiger partial charge in [-0.15, -0.1) is 0 Å². The molecule has 1 atom stereocenters. The van der Waals surface area contributed by atoms with Crippen LogP contribution in [0.2, 0.25) is 5.02 Å². The van der Waals surface area contributed by atoms with E-state index in [9.17, 15) is 10.1 Å². The highest BCUT2D eigenvalue weighted by atomic mass is 35.5. The highest BCUT2D eigenvalue weighted by Gasteiger charge is 2.23. The van der Waals surface area contributed by atoms with E-state index < -0.39 is 4.92 Å². The summed E-state index contributed by atoms with van der Waals surface area (Å²) >= 11 is 6.34. The fraction of sp³-hybridized carbons (Fsp3) is 0.333. The normalized spacial score (nSPS) is 12.4. The summed E-state index contributed by atoms with van der Waals surface area (Å²) in [4.78, 5) is 10.2. The maximum Gasteiger partial charge on any atom is 0.433 e. The summed E-state index contributed by atoms with van der Waals surface area (Å²) in [6.07, 6.45) is 0. The number of benzene rings is 1. The van der Waals surface area contributed by atoms with Crippen LogP contribution in [0.4, 0.5) is 5.88 Å². The van der Waals surface area contributed by atoms with Crippen molar-refractivity contribution in [3.05, 3.63) is 61.9 Å². The second-order valence-corrected chi connectivity index (χ2v) is 5.29. The van der Waals surface area contributed by atoms with Crippen LogP contribution in [0, 0.1) is 24.0 Å². The Morgan fingerprint density at radius 3 is 2.57 bits per heavy atom. The maximum atomic E-state index is 10.8. The first-order valence-corrected chi connectivity index (χ1v) is 7.06. The minimum atomic E-state index is -0.547. The molecule has 1 N–H and O–H groups in total. The van der Waals surface area contributed by atoms with Crippen molar-refractivity contribution in [1.29, 1.82) is 0 Å². The van der Waals surface area contributed by atoms with Crippen LogP contribution in [-0.2, 0) is 0 Å². The van der Waals surface area contributed by atoms with Gasteiger partial charge in [0.05, 0.1) is 12.1 Å². The van der Waals surface area contributed by atoms with Crippen LogP contribution in [0.5, 0.6) is 0 Å². The van der Waals surface area contributed by atoms with Gasteiger partial charge in [-0.1, -0.05) is 24.6 Å². The van der Waals surface area contributed by atoms with E-state index in [1.165, 1.54) is 6.07 Å². The molecule has 1 aromatic carbocycles. The van der Waals surface area contributed by atoms with Crippen molar-refractivity contribution >= 4 is 17.5 Å². The summed E-state index contributed by atoms with van der Waals surface area (Å²) in [5, 5.41) is 14.6. The molecule has 0 radical (unpaired) electrons. The topological polar surface area (TPSA) is 68.3 Å². The molecule has 1 unspecified atom stereocenters. The standard InChI is InChI=1S/C15H17ClN2O3/c1-4-17-15(13-5-6-14(21-13)18(19)20)11-7-9(2)10(3)8-12(11)16/h5-8,15,17H,4H2,1-3H3. The summed E-state index contributed by atoms with van der Waals surface area (Å²) in [5.41, 5.74) is 3.06. The number of nitro groups is 1. The lowest BCUT2D eigenvalue weighted by Gasteiger charge is -2.18. The third kappa shape index (κ3) is 3.25. The molecule has 1 aromatic heterocycles. The molecule has 0 spiro atoms. The van der Waals surface area contributed by atoms with E-state index in [1.54, 1.807) is 6.07 Å². The van der Waals surface area contributed by atoms with Crippen molar-refractivity contribution in [1.82, 2.24) is 5.32 Å². The van der Waals surface area contributed by atoms with Crippen LogP contribution in [-0.4, -0.2) is 11.5 Å². The Hall–Kier alpha value is -1.85. The number of hydrogen-bond donors (Lipinski definition) is 1. The Balaban J connectivity index is 2.47. The largest absolute Gasteiger partial charge is 0.433 e. The molecule has 2 rings (SSSR count). The molecule has 0 aliphatic carbocycles. The summed E-state index contributed by atoms with van der Waals surface area (Å²) in [6, 6.07) is 6.54. The summed E-state index contributed by atoms with van der Waals surface area (Å²) in [7, 11) is 0. The van der Waals surface area contributed by atoms with Gasteiger partial charge in [0, 0.05) is 5.02 Å². The van der Waals surface area contributed by atoms with Gasteiger partial charge in [0.2, 0.25) is 0 Å². The molecule has 0 aliphatic heterocycles. The summed E-state index contributed by atoms with van der Waals surface area (Å²) in [5.74, 6) is 0.210. The third-order valence-corrected chi connectivity index (χ3v) is 3.74. The molecule has 0 amide bonds. The smallest absolute Gasteiger partial charge is 0.404 e. The second-order valence-electron chi connectivity index (χ2n) is 4.88. The number of furan rings is 1. The van der Waals surface area contributed by atoms with Gasteiger partial charge in [0.1, 0.15) is 10.7 Å². The Labute approximate surface area is 128 Å². The zero-order chi connectivity index (χ0) is 15.6. The first-order chi connectivity index (χ1) is 9.93. The van der Waals surface area contributed by atoms with Gasteiger partial charge in [-0.05, 0) is 49.2 Å². The number of nitrogens with one attached hydrogen (secondary N) is 1. The zero-order valence-corrected chi connectivity index (χ0v) is 12.9. The monoisotopic (exact) mass is 308 g/mol. The number of rotatable bonds is 5. The Morgan fingerprint density at radius 2 is 2.00 bits per heavy atom. The lowest BCUT2D eigenvalue weighted by atomic mass is 9.99. The average molecular weight is 309 g/mol. The Kier molecular flexibility index (Phi) is 4.65. The van der Waals surface area contributed by atoms with Crippen molar-refractivity contribution in [3.63, 3.8) is 0 Å². The van der Waals surface area contributed by atoms with E-state index in [-0.39, 0.29) is 11.9 Å². The number of nitrogens with zero attached hydrogens (tertiary/aromatic N) is 1. The lowest BCUT2D eigenvalue weighted by Crippen LogP contribution is -2.22. The molecule has 112 valence electrons. The quantitative estimate of drug-likeness (QED) is 0.665. The fourth-order valence-electron chi connectivity index (χ4n) is 2.19. The Morgan fingerprint density at radius 1 is 1.33 bits per heavy atom. The van der Waals surface area contributed by atoms with Crippen molar-refractivity contribution in [3.8, 4) is 0 Å². The van der Waals surface area contributed by atoms with Crippen LogP contribution in [0.25, 0.3) is 0 Å². The molecule has 6 heteroatoms. The molecule has 21 heavy (non-hydrogen) atoms. The highest BCUT2D eigenvalue weighted by Crippen LogP contribution is 2.32. The van der Waals surface area contributed by atoms with E-state index in [1.807, 2.05) is 32.9 Å². The highest BCUT2D eigenvalue weighted by molar-refractivity contribution is 6.31. The molecule has 2 aromatic rings. The van der Waals surface area contributed by atoms with E-state index in [2.05, 4.69) is 5.32 Å². The average Bonchev–Trinajstić information content (AvgIpc) is 2.90. The number of hydrogen-bond acceptors (Lipinski definition) is 4. The molecule has 0 aliphatic rings. The van der Waals surface area contributed by atoms with E-state index in [0.29, 0.717) is 17.3 Å². The Bertz CT molecular complexity index is 667. The molecule has 5 nitrogen and oxygen atoms in total. The van der Waals surface area contributed by atoms with Gasteiger partial charge >= 0.3 is 5.88 Å². The van der Waals surface area contributed by atoms with Crippen LogP contribution < -0.4 is 5.32 Å². The summed E-state index contributed by atoms with van der Waals surface area (Å²) in [6.45, 7) is 6.63. The predicted octanol–water partition coefficient (Wildman–Crippen LogP) is 4.16. The van der Waals surface area contributed by atoms with Crippen LogP contribution in [0.1, 0.15) is 35.4 Å². The molecule has 0 fully saturated rings. The van der Waals surface area contributed by atoms with Gasteiger partial charge in [-0.3, -0.25) is 10.1 Å². The minimum Gasteiger partial charge on any atom is -0.404 e. The molecule has 0 bridgehead atoms. The fourth-order valence-corrected chi connectivity index (χ4v) is 2.52. The van der Waals surface area contributed by atoms with Gasteiger partial charge in [-0.2, -0.15) is 0 Å². The predicted molar refractivity (Wildman–Crippen MR) is 81.8 cm³/mol. The van der Waals surface area contributed by atoms with Gasteiger partial charge in [0.15, 0.2) is 0 Å². The van der Waals surface area contributed by atoms with Crippen LogP contribution >= 0.6 is 11.6 Å². The van der Waals surface area contributed by atoms with Crippen LogP contribution in [0.15, 0.2) is 28.7 Å². The molecule has 0 saturated heterocycles. The van der Waals surface area contributed by atoms with Crippen molar-refractivity contribution in [2.45, 2.75) is 26.8 Å². The number of halogens is 1. The van der Waals surface area contributed by atoms with Gasteiger partial charge < -0.3 is 9.73 Å². The molecular formula is C15H17ClN2O3. The lowest BCUT2D eigenvalue weighted by molar-refractivity contribution is -0.402. The van der Waals surface area contributed by atoms with E-state index >= 15 is 0 Å². The minimum absolute atomic E-state index is 0.271. The van der Waals surface area contributed by atoms with Crippen molar-refractivity contribution in [2.75, 3.05) is 6.54 Å². The van der Waals surface area contributed by atoms with Crippen LogP contribution in [0.3, 0.4) is 0 Å². The molecule has 0 saturated carbocycles. The second kappa shape index (κ2) is 6.28. The third-order valence-electron chi connectivity index (χ3n) is 3.41. The first kappa shape index (κ1) is 15.5.